The van der Waals surface area contributed by atoms with Crippen LogP contribution in [0.1, 0.15) is 22.8 Å². The van der Waals surface area contributed by atoms with E-state index in [4.69, 9.17) is 21.1 Å². The number of esters is 1. The summed E-state index contributed by atoms with van der Waals surface area (Å²) in [6.07, 6.45) is 1.30. The first kappa shape index (κ1) is 28.3. The summed E-state index contributed by atoms with van der Waals surface area (Å²) in [6, 6.07) is 21.2. The SMILES string of the molecule is CCOc1cc(/C=C(\C#N)C(=O)Nc2cc([N+](=O)[O-])ccc2Cl)cc(Br)c1OC(=O)c1cccc2ccccc12. The van der Waals surface area contributed by atoms with Gasteiger partial charge in [-0.1, -0.05) is 48.0 Å². The van der Waals surface area contributed by atoms with Crippen LogP contribution in [0.15, 0.2) is 82.8 Å². The van der Waals surface area contributed by atoms with Gasteiger partial charge in [0, 0.05) is 12.1 Å². The van der Waals surface area contributed by atoms with Crippen molar-refractivity contribution in [1.82, 2.24) is 0 Å². The summed E-state index contributed by atoms with van der Waals surface area (Å²) >= 11 is 9.46. The molecular weight excluding hydrogens is 602 g/mol. The maximum absolute atomic E-state index is 13.1. The highest BCUT2D eigenvalue weighted by molar-refractivity contribution is 9.10. The standard InChI is InChI=1S/C29H19BrClN3O6/c1-2-39-26-14-17(12-19(16-32)28(35)33-25-15-20(34(37)38)10-11-24(25)31)13-23(30)27(26)40-29(36)22-9-5-7-18-6-3-4-8-21(18)22/h3-15H,2H2,1H3,(H,33,35)/b19-12+. The lowest BCUT2D eigenvalue weighted by atomic mass is 10.0. The third-order valence-corrected chi connectivity index (χ3v) is 6.54. The summed E-state index contributed by atoms with van der Waals surface area (Å²) in [4.78, 5) is 36.4. The summed E-state index contributed by atoms with van der Waals surface area (Å²) in [5.74, 6) is -1.09. The van der Waals surface area contributed by atoms with Gasteiger partial charge in [0.2, 0.25) is 0 Å². The van der Waals surface area contributed by atoms with Crippen LogP contribution in [0.5, 0.6) is 11.5 Å². The number of hydrogen-bond acceptors (Lipinski definition) is 7. The van der Waals surface area contributed by atoms with Crippen molar-refractivity contribution < 1.29 is 24.0 Å². The third kappa shape index (κ3) is 6.29. The van der Waals surface area contributed by atoms with Crippen LogP contribution >= 0.6 is 27.5 Å². The van der Waals surface area contributed by atoms with E-state index >= 15 is 0 Å². The molecule has 1 N–H and O–H groups in total. The molecule has 40 heavy (non-hydrogen) atoms. The lowest BCUT2D eigenvalue weighted by Crippen LogP contribution is -2.14. The number of hydrogen-bond donors (Lipinski definition) is 1. The van der Waals surface area contributed by atoms with Crippen molar-refractivity contribution in [2.45, 2.75) is 6.92 Å². The lowest BCUT2D eigenvalue weighted by Gasteiger charge is -2.14. The maximum Gasteiger partial charge on any atom is 0.344 e. The van der Waals surface area contributed by atoms with Gasteiger partial charge in [-0.3, -0.25) is 14.9 Å². The number of nitro groups is 1. The van der Waals surface area contributed by atoms with E-state index in [0.29, 0.717) is 15.6 Å². The van der Waals surface area contributed by atoms with Gasteiger partial charge in [-0.15, -0.1) is 0 Å². The Kier molecular flexibility index (Phi) is 8.79. The van der Waals surface area contributed by atoms with Crippen LogP contribution in [0.2, 0.25) is 5.02 Å². The number of nitrogens with zero attached hydrogens (tertiary/aromatic N) is 2. The van der Waals surface area contributed by atoms with E-state index in [1.807, 2.05) is 36.4 Å². The summed E-state index contributed by atoms with van der Waals surface area (Å²) in [6.45, 7) is 2.00. The molecule has 0 atom stereocenters. The molecule has 200 valence electrons. The summed E-state index contributed by atoms with van der Waals surface area (Å²) in [5.41, 5.74) is 0.157. The van der Waals surface area contributed by atoms with E-state index in [9.17, 15) is 25.0 Å². The predicted octanol–water partition coefficient (Wildman–Crippen LogP) is 7.33. The molecule has 0 radical (unpaired) electrons. The molecule has 9 nitrogen and oxygen atoms in total. The minimum atomic E-state index is -0.828. The zero-order valence-electron chi connectivity index (χ0n) is 20.8. The number of carbonyl (C=O) groups is 2. The van der Waals surface area contributed by atoms with Crippen LogP contribution in [0, 0.1) is 21.4 Å². The van der Waals surface area contributed by atoms with Gasteiger partial charge < -0.3 is 14.8 Å². The molecule has 0 unspecified atom stereocenters. The van der Waals surface area contributed by atoms with Gasteiger partial charge in [0.05, 0.1) is 32.3 Å². The van der Waals surface area contributed by atoms with Crippen molar-refractivity contribution in [3.63, 3.8) is 0 Å². The number of anilines is 1. The average Bonchev–Trinajstić information content (AvgIpc) is 2.94. The number of amides is 1. The Labute approximate surface area is 241 Å². The normalized spacial score (nSPS) is 11.0. The van der Waals surface area contributed by atoms with Crippen molar-refractivity contribution in [2.24, 2.45) is 0 Å². The highest BCUT2D eigenvalue weighted by Crippen LogP contribution is 2.38. The van der Waals surface area contributed by atoms with Gasteiger partial charge in [-0.05, 0) is 69.5 Å². The van der Waals surface area contributed by atoms with E-state index in [0.717, 1.165) is 16.8 Å². The Bertz CT molecular complexity index is 1730. The minimum Gasteiger partial charge on any atom is -0.490 e. The second-order valence-electron chi connectivity index (χ2n) is 8.22. The topological polar surface area (TPSA) is 132 Å². The van der Waals surface area contributed by atoms with Crippen LogP contribution < -0.4 is 14.8 Å². The van der Waals surface area contributed by atoms with E-state index in [1.165, 1.54) is 24.3 Å². The number of carbonyl (C=O) groups excluding carboxylic acids is 2. The van der Waals surface area contributed by atoms with Crippen molar-refractivity contribution in [2.75, 3.05) is 11.9 Å². The zero-order chi connectivity index (χ0) is 28.8. The molecule has 1 amide bonds. The predicted molar refractivity (Wildman–Crippen MR) is 155 cm³/mol. The van der Waals surface area contributed by atoms with E-state index in [1.54, 1.807) is 25.1 Å². The molecule has 4 rings (SSSR count). The number of nitro benzene ring substituents is 1. The largest absolute Gasteiger partial charge is 0.490 e. The van der Waals surface area contributed by atoms with E-state index in [2.05, 4.69) is 21.2 Å². The van der Waals surface area contributed by atoms with Crippen molar-refractivity contribution in [3.8, 4) is 17.6 Å². The molecule has 4 aromatic rings. The number of non-ortho nitro benzene ring substituents is 1. The number of fused-ring (bicyclic) bond motifs is 1. The van der Waals surface area contributed by atoms with Gasteiger partial charge in [0.25, 0.3) is 11.6 Å². The molecule has 0 bridgehead atoms. The fourth-order valence-corrected chi connectivity index (χ4v) is 4.52. The molecule has 0 spiro atoms. The maximum atomic E-state index is 13.1. The number of ether oxygens (including phenoxy) is 2. The van der Waals surface area contributed by atoms with Gasteiger partial charge in [0.1, 0.15) is 11.6 Å². The smallest absolute Gasteiger partial charge is 0.344 e. The number of nitriles is 1. The molecule has 11 heteroatoms. The molecule has 0 aromatic heterocycles. The van der Waals surface area contributed by atoms with Gasteiger partial charge in [0.15, 0.2) is 11.5 Å². The average molecular weight is 621 g/mol. The van der Waals surface area contributed by atoms with Crippen LogP contribution in [-0.4, -0.2) is 23.4 Å². The number of halogens is 2. The summed E-state index contributed by atoms with van der Waals surface area (Å²) in [7, 11) is 0. The molecule has 0 aliphatic rings. The monoisotopic (exact) mass is 619 g/mol. The second kappa shape index (κ2) is 12.4. The summed E-state index contributed by atoms with van der Waals surface area (Å²) in [5, 5.41) is 24.8. The van der Waals surface area contributed by atoms with Crippen molar-refractivity contribution in [1.29, 1.82) is 5.26 Å². The van der Waals surface area contributed by atoms with Gasteiger partial charge in [-0.25, -0.2) is 4.79 Å². The van der Waals surface area contributed by atoms with Crippen molar-refractivity contribution in [3.05, 3.63) is 109 Å². The Morgan fingerprint density at radius 2 is 1.88 bits per heavy atom. The Balaban J connectivity index is 1.64. The zero-order valence-corrected chi connectivity index (χ0v) is 23.2. The van der Waals surface area contributed by atoms with Crippen LogP contribution in [0.25, 0.3) is 16.8 Å². The molecular formula is C29H19BrClN3O6. The van der Waals surface area contributed by atoms with Gasteiger partial charge >= 0.3 is 5.97 Å². The van der Waals surface area contributed by atoms with E-state index in [-0.39, 0.29) is 40.1 Å². The first-order valence-electron chi connectivity index (χ1n) is 11.7. The molecule has 0 aliphatic carbocycles. The molecule has 0 fully saturated rings. The molecule has 0 saturated heterocycles. The molecule has 0 aliphatic heterocycles. The Morgan fingerprint density at radius 1 is 1.12 bits per heavy atom. The van der Waals surface area contributed by atoms with Gasteiger partial charge in [-0.2, -0.15) is 5.26 Å². The third-order valence-electron chi connectivity index (χ3n) is 5.62. The molecule has 0 saturated carbocycles. The Morgan fingerprint density at radius 3 is 2.60 bits per heavy atom. The first-order chi connectivity index (χ1) is 19.2. The van der Waals surface area contributed by atoms with E-state index < -0.39 is 16.8 Å². The highest BCUT2D eigenvalue weighted by Gasteiger charge is 2.20. The highest BCUT2D eigenvalue weighted by atomic mass is 79.9. The molecule has 0 heterocycles. The quantitative estimate of drug-likeness (QED) is 0.0545. The minimum absolute atomic E-state index is 0.0195. The van der Waals surface area contributed by atoms with Crippen LogP contribution in [0.3, 0.4) is 0 Å². The Hall–Kier alpha value is -4.72. The number of benzene rings is 4. The fraction of sp³-hybridized carbons (Fsp3) is 0.0690. The number of rotatable bonds is 8. The fourth-order valence-electron chi connectivity index (χ4n) is 3.81. The lowest BCUT2D eigenvalue weighted by molar-refractivity contribution is -0.384. The number of nitrogens with one attached hydrogen (secondary N) is 1. The first-order valence-corrected chi connectivity index (χ1v) is 12.9. The summed E-state index contributed by atoms with van der Waals surface area (Å²) < 4.78 is 11.8. The van der Waals surface area contributed by atoms with Crippen LogP contribution in [-0.2, 0) is 4.79 Å². The second-order valence-corrected chi connectivity index (χ2v) is 9.49. The molecule has 4 aromatic carbocycles. The van der Waals surface area contributed by atoms with Crippen LogP contribution in [0.4, 0.5) is 11.4 Å². The van der Waals surface area contributed by atoms with Crippen molar-refractivity contribution >= 4 is 67.6 Å².